The van der Waals surface area contributed by atoms with Crippen LogP contribution < -0.4 is 10.1 Å². The molecule has 0 aromatic heterocycles. The van der Waals surface area contributed by atoms with E-state index < -0.39 is 11.6 Å². The fraction of sp³-hybridized carbons (Fsp3) is 0.333. The number of hydrogen-bond donors (Lipinski definition) is 2. The number of azide groups is 1. The van der Waals surface area contributed by atoms with Gasteiger partial charge in [0.15, 0.2) is 5.54 Å². The van der Waals surface area contributed by atoms with E-state index in [9.17, 15) is 9.18 Å². The van der Waals surface area contributed by atoms with Crippen LogP contribution in [0.15, 0.2) is 82.9 Å². The molecule has 4 rings (SSSR count). The van der Waals surface area contributed by atoms with Gasteiger partial charge in [-0.15, -0.1) is 0 Å². The summed E-state index contributed by atoms with van der Waals surface area (Å²) in [4.78, 5) is 21.6. The molecule has 10 heteroatoms. The van der Waals surface area contributed by atoms with Crippen molar-refractivity contribution >= 4 is 11.8 Å². The Morgan fingerprint density at radius 2 is 1.88 bits per heavy atom. The molecule has 3 aromatic rings. The second-order valence-electron chi connectivity index (χ2n) is 9.52. The number of hydrogen-bond acceptors (Lipinski definition) is 6. The molecule has 1 amide bonds. The van der Waals surface area contributed by atoms with Crippen molar-refractivity contribution in [2.24, 2.45) is 10.1 Å². The van der Waals surface area contributed by atoms with Crippen molar-refractivity contribution in [3.05, 3.63) is 111 Å². The molecule has 1 aliphatic rings. The van der Waals surface area contributed by atoms with Crippen molar-refractivity contribution in [3.63, 3.8) is 0 Å². The number of halogens is 1. The Morgan fingerprint density at radius 1 is 1.15 bits per heavy atom. The highest BCUT2D eigenvalue weighted by molar-refractivity contribution is 6.01. The fourth-order valence-electron chi connectivity index (χ4n) is 4.55. The average Bonchev–Trinajstić information content (AvgIpc) is 3.30. The van der Waals surface area contributed by atoms with Crippen LogP contribution in [0.4, 0.5) is 4.39 Å². The van der Waals surface area contributed by atoms with E-state index in [-0.39, 0.29) is 31.3 Å². The van der Waals surface area contributed by atoms with E-state index in [1.54, 1.807) is 24.3 Å². The minimum absolute atomic E-state index is 0.0562. The number of aliphatic hydroxyl groups excluding tert-OH is 1. The van der Waals surface area contributed by atoms with Crippen LogP contribution in [0.25, 0.3) is 10.4 Å². The largest absolute Gasteiger partial charge is 0.494 e. The predicted molar refractivity (Wildman–Crippen MR) is 150 cm³/mol. The van der Waals surface area contributed by atoms with Crippen LogP contribution in [0.5, 0.6) is 5.75 Å². The van der Waals surface area contributed by atoms with Gasteiger partial charge in [-0.3, -0.25) is 4.79 Å². The summed E-state index contributed by atoms with van der Waals surface area (Å²) in [6, 6.07) is 20.9. The third-order valence-electron chi connectivity index (χ3n) is 6.82. The van der Waals surface area contributed by atoms with Crippen LogP contribution >= 0.6 is 0 Å². The van der Waals surface area contributed by atoms with Crippen LogP contribution in [-0.2, 0) is 28.9 Å². The lowest BCUT2D eigenvalue weighted by molar-refractivity contribution is -0.128. The van der Waals surface area contributed by atoms with Crippen LogP contribution in [0.2, 0.25) is 0 Å². The van der Waals surface area contributed by atoms with Crippen LogP contribution in [0.1, 0.15) is 35.6 Å². The van der Waals surface area contributed by atoms with Gasteiger partial charge >= 0.3 is 0 Å². The van der Waals surface area contributed by atoms with Crippen LogP contribution in [0.3, 0.4) is 0 Å². The minimum atomic E-state index is -1.28. The molecule has 2 N–H and O–H groups in total. The number of aliphatic imine (C=N–C) groups is 1. The first-order valence-electron chi connectivity index (χ1n) is 13.2. The zero-order valence-electron chi connectivity index (χ0n) is 22.3. The van der Waals surface area contributed by atoms with Gasteiger partial charge in [0.05, 0.1) is 13.2 Å². The molecule has 1 heterocycles. The number of benzene rings is 3. The Kier molecular flexibility index (Phi) is 9.72. The Balaban J connectivity index is 1.61. The number of aliphatic hydroxyl groups is 1. The first-order chi connectivity index (χ1) is 19.4. The van der Waals surface area contributed by atoms with Crippen molar-refractivity contribution in [1.82, 2.24) is 5.32 Å². The quantitative estimate of drug-likeness (QED) is 0.137. The van der Waals surface area contributed by atoms with Crippen molar-refractivity contribution in [2.75, 3.05) is 19.8 Å². The van der Waals surface area contributed by atoms with Crippen molar-refractivity contribution in [1.29, 1.82) is 0 Å². The molecule has 0 saturated carbocycles. The number of carbonyl (C=O) groups is 1. The van der Waals surface area contributed by atoms with Crippen molar-refractivity contribution < 1.29 is 23.8 Å². The molecular formula is C30H32FN5O4. The first-order valence-corrected chi connectivity index (χ1v) is 13.2. The summed E-state index contributed by atoms with van der Waals surface area (Å²) in [5.41, 5.74) is 10.8. The van der Waals surface area contributed by atoms with Crippen molar-refractivity contribution in [2.45, 2.75) is 44.4 Å². The highest BCUT2D eigenvalue weighted by atomic mass is 19.1. The summed E-state index contributed by atoms with van der Waals surface area (Å²) < 4.78 is 25.1. The van der Waals surface area contributed by atoms with Crippen LogP contribution in [0, 0.1) is 5.82 Å². The normalized spacial score (nSPS) is 17.9. The molecule has 0 aliphatic carbocycles. The summed E-state index contributed by atoms with van der Waals surface area (Å²) in [6.07, 6.45) is 0.703. The molecule has 0 spiro atoms. The van der Waals surface area contributed by atoms with E-state index in [4.69, 9.17) is 25.1 Å². The number of rotatable bonds is 13. The van der Waals surface area contributed by atoms with E-state index in [1.807, 2.05) is 43.3 Å². The summed E-state index contributed by atoms with van der Waals surface area (Å²) in [7, 11) is 0. The van der Waals surface area contributed by atoms with Gasteiger partial charge in [-0.2, -0.15) is 0 Å². The molecule has 40 heavy (non-hydrogen) atoms. The van der Waals surface area contributed by atoms with Gasteiger partial charge in [0, 0.05) is 36.5 Å². The number of nitrogens with zero attached hydrogens (tertiary/aromatic N) is 4. The molecule has 0 fully saturated rings. The monoisotopic (exact) mass is 545 g/mol. The molecule has 9 nitrogen and oxygen atoms in total. The Hall–Kier alpha value is -4.40. The summed E-state index contributed by atoms with van der Waals surface area (Å²) in [5, 5.41) is 15.7. The summed E-state index contributed by atoms with van der Waals surface area (Å²) in [6.45, 7) is 2.77. The maximum atomic E-state index is 13.8. The third kappa shape index (κ3) is 6.97. The second-order valence-corrected chi connectivity index (χ2v) is 9.52. The Labute approximate surface area is 232 Å². The standard InChI is InChI=1S/C30H32FN5O4/c1-21-30(19-24-5-2-3-6-25(24)20-34-36-32,29(38)33-16-15-22-7-11-26(31)12-8-22)35-28(40-21)23-9-13-27(14-10-23)39-18-4-17-37/h2-3,5-14,21,37H,4,15-20H2,1H3,(H,33,38)/t21-,30-/m1/s1. The molecule has 0 radical (unpaired) electrons. The predicted octanol–water partition coefficient (Wildman–Crippen LogP) is 4.90. The van der Waals surface area contributed by atoms with Gasteiger partial charge in [0.1, 0.15) is 17.7 Å². The van der Waals surface area contributed by atoms with E-state index in [2.05, 4.69) is 15.3 Å². The molecule has 2 atom stereocenters. The molecule has 0 bridgehead atoms. The topological polar surface area (TPSA) is 129 Å². The van der Waals surface area contributed by atoms with E-state index in [0.29, 0.717) is 43.2 Å². The van der Waals surface area contributed by atoms with Crippen molar-refractivity contribution in [3.8, 4) is 5.75 Å². The zero-order valence-corrected chi connectivity index (χ0v) is 22.3. The molecule has 208 valence electrons. The number of amides is 1. The average molecular weight is 546 g/mol. The van der Waals surface area contributed by atoms with Gasteiger partial charge in [-0.05, 0) is 72.0 Å². The van der Waals surface area contributed by atoms with E-state index >= 15 is 0 Å². The number of carbonyl (C=O) groups excluding carboxylic acids is 1. The van der Waals surface area contributed by atoms with E-state index in [1.165, 1.54) is 12.1 Å². The zero-order chi connectivity index (χ0) is 28.4. The van der Waals surface area contributed by atoms with Crippen LogP contribution in [-0.4, -0.2) is 48.3 Å². The molecule has 0 saturated heterocycles. The maximum absolute atomic E-state index is 13.8. The first kappa shape index (κ1) is 28.6. The summed E-state index contributed by atoms with van der Waals surface area (Å²) >= 11 is 0. The molecular weight excluding hydrogens is 513 g/mol. The number of ether oxygens (including phenoxy) is 2. The fourth-order valence-corrected chi connectivity index (χ4v) is 4.55. The van der Waals surface area contributed by atoms with Gasteiger partial charge in [-0.25, -0.2) is 9.38 Å². The van der Waals surface area contributed by atoms with Gasteiger partial charge in [0.25, 0.3) is 5.91 Å². The van der Waals surface area contributed by atoms with Gasteiger partial charge < -0.3 is 19.9 Å². The van der Waals surface area contributed by atoms with E-state index in [0.717, 1.165) is 16.7 Å². The highest BCUT2D eigenvalue weighted by Crippen LogP contribution is 2.34. The lowest BCUT2D eigenvalue weighted by atomic mass is 9.84. The molecule has 3 aromatic carbocycles. The maximum Gasteiger partial charge on any atom is 0.252 e. The van der Waals surface area contributed by atoms with Gasteiger partial charge in [0.2, 0.25) is 5.90 Å². The lowest BCUT2D eigenvalue weighted by Gasteiger charge is -2.29. The molecule has 1 aliphatic heterocycles. The SMILES string of the molecule is C[C@H]1OC(c2ccc(OCCCO)cc2)=N[C@@]1(Cc1ccccc1CN=[N+]=[N-])C(=O)NCCc1ccc(F)cc1. The molecule has 0 unspecified atom stereocenters. The summed E-state index contributed by atoms with van der Waals surface area (Å²) in [5.74, 6) is 0.394. The Bertz CT molecular complexity index is 1370. The highest BCUT2D eigenvalue weighted by Gasteiger charge is 2.50. The smallest absolute Gasteiger partial charge is 0.252 e. The Morgan fingerprint density at radius 3 is 2.58 bits per heavy atom. The number of nitrogens with one attached hydrogen (secondary N) is 1. The minimum Gasteiger partial charge on any atom is -0.494 e. The second kappa shape index (κ2) is 13.6. The third-order valence-corrected chi connectivity index (χ3v) is 6.82. The van der Waals surface area contributed by atoms with Gasteiger partial charge in [-0.1, -0.05) is 41.5 Å². The lowest BCUT2D eigenvalue weighted by Crippen LogP contribution is -2.53.